The van der Waals surface area contributed by atoms with E-state index in [1.807, 2.05) is 0 Å². The van der Waals surface area contributed by atoms with Gasteiger partial charge in [0.25, 0.3) is 0 Å². The molecule has 0 bridgehead atoms. The van der Waals surface area contributed by atoms with E-state index >= 15 is 0 Å². The van der Waals surface area contributed by atoms with Crippen molar-refractivity contribution < 1.29 is 22.3 Å². The monoisotopic (exact) mass is 379 g/mol. The highest BCUT2D eigenvalue weighted by atomic mass is 32.2. The maximum atomic E-state index is 12.9. The Hall–Kier alpha value is -2.25. The molecule has 140 valence electrons. The number of esters is 1. The molecule has 5 nitrogen and oxygen atoms in total. The van der Waals surface area contributed by atoms with Gasteiger partial charge in [-0.1, -0.05) is 32.0 Å². The summed E-state index contributed by atoms with van der Waals surface area (Å²) in [6.45, 7) is 5.89. The average Bonchev–Trinajstić information content (AvgIpc) is 2.62. The molecule has 2 aromatic carbocycles. The first-order chi connectivity index (χ1) is 12.3. The second kappa shape index (κ2) is 8.42. The number of carbonyl (C=O) groups excluding carboxylic acids is 1. The van der Waals surface area contributed by atoms with Crippen LogP contribution in [0.25, 0.3) is 0 Å². The minimum absolute atomic E-state index is 0.0222. The van der Waals surface area contributed by atoms with Crippen molar-refractivity contribution in [3.63, 3.8) is 0 Å². The van der Waals surface area contributed by atoms with Crippen LogP contribution in [0.3, 0.4) is 0 Å². The summed E-state index contributed by atoms with van der Waals surface area (Å²) >= 11 is 0. The van der Waals surface area contributed by atoms with Crippen LogP contribution in [-0.2, 0) is 21.4 Å². The molecule has 2 rings (SSSR count). The molecule has 2 aromatic rings. The quantitative estimate of drug-likeness (QED) is 0.691. The van der Waals surface area contributed by atoms with Gasteiger partial charge in [0.1, 0.15) is 12.4 Å². The molecule has 0 unspecified atom stereocenters. The molecule has 26 heavy (non-hydrogen) atoms. The van der Waals surface area contributed by atoms with Crippen molar-refractivity contribution in [1.82, 2.24) is 4.31 Å². The van der Waals surface area contributed by atoms with Gasteiger partial charge in [-0.3, -0.25) is 0 Å². The van der Waals surface area contributed by atoms with E-state index in [4.69, 9.17) is 4.74 Å². The van der Waals surface area contributed by atoms with E-state index in [-0.39, 0.29) is 22.9 Å². The fourth-order valence-corrected chi connectivity index (χ4v) is 3.99. The minimum atomic E-state index is -3.66. The Kier molecular flexibility index (Phi) is 6.50. The fourth-order valence-electron chi connectivity index (χ4n) is 2.50. The molecule has 7 heteroatoms. The van der Waals surface area contributed by atoms with Gasteiger partial charge in [0.15, 0.2) is 0 Å². The van der Waals surface area contributed by atoms with E-state index in [1.54, 1.807) is 26.8 Å². The first kappa shape index (κ1) is 20.1. The van der Waals surface area contributed by atoms with Crippen LogP contribution in [-0.4, -0.2) is 31.8 Å². The maximum absolute atomic E-state index is 12.9. The average molecular weight is 379 g/mol. The molecule has 0 heterocycles. The number of carbonyl (C=O) groups is 1. The van der Waals surface area contributed by atoms with Gasteiger partial charge in [-0.2, -0.15) is 4.31 Å². The molecular formula is C19H22FNO4S. The third-order valence-corrected chi connectivity index (χ3v) is 6.10. The van der Waals surface area contributed by atoms with Gasteiger partial charge in [-0.15, -0.1) is 0 Å². The Morgan fingerprint density at radius 2 is 1.69 bits per heavy atom. The van der Waals surface area contributed by atoms with Crippen molar-refractivity contribution in [3.8, 4) is 0 Å². The van der Waals surface area contributed by atoms with Crippen molar-refractivity contribution in [2.24, 2.45) is 0 Å². The third kappa shape index (κ3) is 4.47. The Labute approximate surface area is 153 Å². The van der Waals surface area contributed by atoms with Gasteiger partial charge in [-0.05, 0) is 42.3 Å². The van der Waals surface area contributed by atoms with Crippen LogP contribution in [0.15, 0.2) is 47.4 Å². The summed E-state index contributed by atoms with van der Waals surface area (Å²) in [4.78, 5) is 12.4. The second-order valence-electron chi connectivity index (χ2n) is 5.77. The number of benzene rings is 2. The van der Waals surface area contributed by atoms with E-state index in [1.165, 1.54) is 40.7 Å². The lowest BCUT2D eigenvalue weighted by atomic mass is 10.1. The summed E-state index contributed by atoms with van der Waals surface area (Å²) in [5.74, 6) is -0.992. The molecule has 0 aliphatic carbocycles. The first-order valence-corrected chi connectivity index (χ1v) is 9.76. The van der Waals surface area contributed by atoms with Crippen LogP contribution in [0.4, 0.5) is 4.39 Å². The van der Waals surface area contributed by atoms with Crippen molar-refractivity contribution in [2.75, 3.05) is 13.1 Å². The zero-order valence-electron chi connectivity index (χ0n) is 15.0. The molecule has 0 spiro atoms. The van der Waals surface area contributed by atoms with Gasteiger partial charge in [0.2, 0.25) is 10.0 Å². The topological polar surface area (TPSA) is 63.7 Å². The van der Waals surface area contributed by atoms with Gasteiger partial charge in [0.05, 0.1) is 10.5 Å². The number of hydrogen-bond acceptors (Lipinski definition) is 4. The van der Waals surface area contributed by atoms with Crippen LogP contribution in [0.2, 0.25) is 0 Å². The highest BCUT2D eigenvalue weighted by Crippen LogP contribution is 2.20. The smallest absolute Gasteiger partial charge is 0.338 e. The van der Waals surface area contributed by atoms with Crippen molar-refractivity contribution >= 4 is 16.0 Å². The molecule has 0 saturated carbocycles. The largest absolute Gasteiger partial charge is 0.457 e. The maximum Gasteiger partial charge on any atom is 0.338 e. The molecule has 0 fully saturated rings. The summed E-state index contributed by atoms with van der Waals surface area (Å²) in [5, 5.41) is 0. The highest BCUT2D eigenvalue weighted by Gasteiger charge is 2.23. The van der Waals surface area contributed by atoms with Gasteiger partial charge in [-0.25, -0.2) is 17.6 Å². The SMILES string of the molecule is CCN(CC)S(=O)(=O)c1ccc(C)c(C(=O)OCc2ccc(F)cc2)c1. The number of rotatable bonds is 7. The summed E-state index contributed by atoms with van der Waals surface area (Å²) in [6, 6.07) is 10.0. The zero-order chi connectivity index (χ0) is 19.3. The van der Waals surface area contributed by atoms with Crippen LogP contribution >= 0.6 is 0 Å². The van der Waals surface area contributed by atoms with Gasteiger partial charge < -0.3 is 4.74 Å². The van der Waals surface area contributed by atoms with Crippen molar-refractivity contribution in [3.05, 3.63) is 65.0 Å². The molecule has 0 aliphatic rings. The molecule has 0 aliphatic heterocycles. The number of ether oxygens (including phenoxy) is 1. The Balaban J connectivity index is 2.23. The standard InChI is InChI=1S/C19H22FNO4S/c1-4-21(5-2)26(23,24)17-11-6-14(3)18(12-17)19(22)25-13-15-7-9-16(20)10-8-15/h6-12H,4-5,13H2,1-3H3. The molecule has 0 radical (unpaired) electrons. The lowest BCUT2D eigenvalue weighted by molar-refractivity contribution is 0.0471. The number of hydrogen-bond donors (Lipinski definition) is 0. The lowest BCUT2D eigenvalue weighted by Crippen LogP contribution is -2.30. The zero-order valence-corrected chi connectivity index (χ0v) is 15.8. The normalized spacial score (nSPS) is 11.6. The van der Waals surface area contributed by atoms with Crippen LogP contribution in [0, 0.1) is 12.7 Å². The van der Waals surface area contributed by atoms with E-state index in [0.717, 1.165) is 0 Å². The van der Waals surface area contributed by atoms with E-state index in [0.29, 0.717) is 24.2 Å². The molecule has 0 atom stereocenters. The summed E-state index contributed by atoms with van der Waals surface area (Å²) < 4.78 is 44.7. The number of nitrogens with zero attached hydrogens (tertiary/aromatic N) is 1. The number of aryl methyl sites for hydroxylation is 1. The predicted octanol–water partition coefficient (Wildman–Crippen LogP) is 3.52. The number of halogens is 1. The first-order valence-electron chi connectivity index (χ1n) is 8.32. The minimum Gasteiger partial charge on any atom is -0.457 e. The molecule has 0 saturated heterocycles. The molecular weight excluding hydrogens is 357 g/mol. The highest BCUT2D eigenvalue weighted by molar-refractivity contribution is 7.89. The third-order valence-electron chi connectivity index (χ3n) is 4.06. The molecule has 0 N–H and O–H groups in total. The molecule has 0 aromatic heterocycles. The van der Waals surface area contributed by atoms with E-state index < -0.39 is 16.0 Å². The lowest BCUT2D eigenvalue weighted by Gasteiger charge is -2.19. The van der Waals surface area contributed by atoms with E-state index in [2.05, 4.69) is 0 Å². The summed E-state index contributed by atoms with van der Waals surface area (Å²) in [6.07, 6.45) is 0. The summed E-state index contributed by atoms with van der Waals surface area (Å²) in [7, 11) is -3.66. The number of sulfonamides is 1. The fraction of sp³-hybridized carbons (Fsp3) is 0.316. The Bertz CT molecular complexity index is 875. The predicted molar refractivity (Wildman–Crippen MR) is 96.8 cm³/mol. The Morgan fingerprint density at radius 3 is 2.27 bits per heavy atom. The van der Waals surface area contributed by atoms with E-state index in [9.17, 15) is 17.6 Å². The van der Waals surface area contributed by atoms with Crippen molar-refractivity contribution in [1.29, 1.82) is 0 Å². The van der Waals surface area contributed by atoms with Crippen LogP contribution < -0.4 is 0 Å². The summed E-state index contributed by atoms with van der Waals surface area (Å²) in [5.41, 5.74) is 1.46. The van der Waals surface area contributed by atoms with Gasteiger partial charge in [0, 0.05) is 13.1 Å². The van der Waals surface area contributed by atoms with Gasteiger partial charge >= 0.3 is 5.97 Å². The molecule has 0 amide bonds. The van der Waals surface area contributed by atoms with Crippen molar-refractivity contribution in [2.45, 2.75) is 32.3 Å². The van der Waals surface area contributed by atoms with Crippen LogP contribution in [0.5, 0.6) is 0 Å². The Morgan fingerprint density at radius 1 is 1.08 bits per heavy atom. The second-order valence-corrected chi connectivity index (χ2v) is 7.71. The van der Waals surface area contributed by atoms with Crippen LogP contribution in [0.1, 0.15) is 35.3 Å².